The normalized spacial score (nSPS) is 12.2. The van der Waals surface area contributed by atoms with Crippen LogP contribution in [0.15, 0.2) is 24.4 Å². The van der Waals surface area contributed by atoms with Crippen molar-refractivity contribution in [2.24, 2.45) is 0 Å². The Kier molecular flexibility index (Phi) is 3.39. The molecule has 0 saturated heterocycles. The third kappa shape index (κ3) is 2.64. The van der Waals surface area contributed by atoms with E-state index >= 15 is 0 Å². The minimum absolute atomic E-state index is 0.202. The maximum atomic E-state index is 12.7. The number of alkyl halides is 3. The smallest absolute Gasteiger partial charge is 0.417 e. The van der Waals surface area contributed by atoms with E-state index in [4.69, 9.17) is 4.74 Å². The highest BCUT2D eigenvalue weighted by Gasteiger charge is 2.31. The minimum atomic E-state index is -4.39. The largest absolute Gasteiger partial charge is 0.494 e. The quantitative estimate of drug-likeness (QED) is 0.806. The van der Waals surface area contributed by atoms with Crippen LogP contribution in [0.1, 0.15) is 30.9 Å². The van der Waals surface area contributed by atoms with E-state index in [1.54, 1.807) is 6.07 Å². The number of rotatable bonds is 2. The lowest BCUT2D eigenvalue weighted by Gasteiger charge is -2.13. The summed E-state index contributed by atoms with van der Waals surface area (Å²) in [7, 11) is 1.48. The van der Waals surface area contributed by atoms with Crippen LogP contribution >= 0.6 is 0 Å². The first-order chi connectivity index (χ1) is 8.82. The van der Waals surface area contributed by atoms with E-state index < -0.39 is 11.7 Å². The molecule has 5 heteroatoms. The number of fused-ring (bicyclic) bond motifs is 1. The highest BCUT2D eigenvalue weighted by atomic mass is 19.4. The average molecular weight is 269 g/mol. The van der Waals surface area contributed by atoms with Crippen molar-refractivity contribution in [1.29, 1.82) is 0 Å². The molecule has 1 heterocycles. The third-order valence-electron chi connectivity index (χ3n) is 2.98. The van der Waals surface area contributed by atoms with Gasteiger partial charge in [-0.15, -0.1) is 0 Å². The summed E-state index contributed by atoms with van der Waals surface area (Å²) in [6.07, 6.45) is -3.55. The SMILES string of the molecule is COc1cc(C(C)C)cc2cc(C(F)(F)F)cnc12. The first kappa shape index (κ1) is 13.6. The molecule has 0 saturated carbocycles. The first-order valence-corrected chi connectivity index (χ1v) is 5.88. The summed E-state index contributed by atoms with van der Waals surface area (Å²) in [5.41, 5.74) is 0.619. The average Bonchev–Trinajstić information content (AvgIpc) is 2.35. The summed E-state index contributed by atoms with van der Waals surface area (Å²) < 4.78 is 43.3. The molecule has 1 aromatic carbocycles. The number of pyridine rings is 1. The molecule has 102 valence electrons. The Morgan fingerprint density at radius 3 is 2.37 bits per heavy atom. The Balaban J connectivity index is 2.70. The molecule has 1 aromatic heterocycles. The molecular weight excluding hydrogens is 255 g/mol. The van der Waals surface area contributed by atoms with Crippen molar-refractivity contribution in [3.8, 4) is 5.75 Å². The number of ether oxygens (including phenoxy) is 1. The monoisotopic (exact) mass is 269 g/mol. The second kappa shape index (κ2) is 4.72. The number of hydrogen-bond donors (Lipinski definition) is 0. The Morgan fingerprint density at radius 2 is 1.84 bits per heavy atom. The van der Waals surface area contributed by atoms with Crippen molar-refractivity contribution in [2.45, 2.75) is 25.9 Å². The van der Waals surface area contributed by atoms with Gasteiger partial charge in [0.2, 0.25) is 0 Å². The zero-order valence-electron chi connectivity index (χ0n) is 10.9. The number of halogens is 3. The summed E-state index contributed by atoms with van der Waals surface area (Å²) in [6, 6.07) is 4.65. The van der Waals surface area contributed by atoms with Gasteiger partial charge in [-0.3, -0.25) is 4.98 Å². The van der Waals surface area contributed by atoms with Crippen LogP contribution in [0, 0.1) is 0 Å². The van der Waals surface area contributed by atoms with Gasteiger partial charge < -0.3 is 4.74 Å². The van der Waals surface area contributed by atoms with Crippen LogP contribution in [0.3, 0.4) is 0 Å². The van der Waals surface area contributed by atoms with Crippen LogP contribution < -0.4 is 4.74 Å². The Hall–Kier alpha value is -1.78. The van der Waals surface area contributed by atoms with Gasteiger partial charge in [0.05, 0.1) is 12.7 Å². The number of benzene rings is 1. The Labute approximate surface area is 109 Å². The van der Waals surface area contributed by atoms with Gasteiger partial charge in [0, 0.05) is 11.6 Å². The summed E-state index contributed by atoms with van der Waals surface area (Å²) in [6.45, 7) is 3.95. The van der Waals surface area contributed by atoms with Gasteiger partial charge in [0.25, 0.3) is 0 Å². The van der Waals surface area contributed by atoms with Crippen LogP contribution in [-0.4, -0.2) is 12.1 Å². The van der Waals surface area contributed by atoms with Crippen LogP contribution in [0.5, 0.6) is 5.75 Å². The second-order valence-corrected chi connectivity index (χ2v) is 4.67. The number of hydrogen-bond acceptors (Lipinski definition) is 2. The molecule has 19 heavy (non-hydrogen) atoms. The molecule has 0 atom stereocenters. The van der Waals surface area contributed by atoms with Gasteiger partial charge in [-0.05, 0) is 29.7 Å². The van der Waals surface area contributed by atoms with Gasteiger partial charge in [0.1, 0.15) is 11.3 Å². The van der Waals surface area contributed by atoms with E-state index in [1.807, 2.05) is 19.9 Å². The van der Waals surface area contributed by atoms with Gasteiger partial charge in [0.15, 0.2) is 0 Å². The molecule has 0 aliphatic rings. The molecule has 0 fully saturated rings. The zero-order valence-corrected chi connectivity index (χ0v) is 10.9. The molecule has 0 aliphatic heterocycles. The molecule has 0 radical (unpaired) electrons. The van der Waals surface area contributed by atoms with Crippen molar-refractivity contribution in [2.75, 3.05) is 7.11 Å². The standard InChI is InChI=1S/C14H14F3NO/c1-8(2)9-4-10-5-11(14(15,16)17)7-18-13(10)12(6-9)19-3/h4-8H,1-3H3. The fraction of sp³-hybridized carbons (Fsp3) is 0.357. The van der Waals surface area contributed by atoms with E-state index in [1.165, 1.54) is 7.11 Å². The van der Waals surface area contributed by atoms with E-state index in [2.05, 4.69) is 4.98 Å². The first-order valence-electron chi connectivity index (χ1n) is 5.88. The molecule has 0 spiro atoms. The second-order valence-electron chi connectivity index (χ2n) is 4.67. The van der Waals surface area contributed by atoms with Gasteiger partial charge in [-0.25, -0.2) is 0 Å². The molecule has 0 aliphatic carbocycles. The number of methoxy groups -OCH3 is 1. The summed E-state index contributed by atoms with van der Waals surface area (Å²) >= 11 is 0. The molecular formula is C14H14F3NO. The van der Waals surface area contributed by atoms with Crippen LogP contribution in [0.25, 0.3) is 10.9 Å². The molecule has 0 unspecified atom stereocenters. The fourth-order valence-electron chi connectivity index (χ4n) is 1.88. The van der Waals surface area contributed by atoms with Crippen molar-refractivity contribution >= 4 is 10.9 Å². The van der Waals surface area contributed by atoms with Crippen LogP contribution in [0.2, 0.25) is 0 Å². The van der Waals surface area contributed by atoms with E-state index in [0.717, 1.165) is 17.8 Å². The maximum absolute atomic E-state index is 12.7. The lowest BCUT2D eigenvalue weighted by Crippen LogP contribution is -2.05. The molecule has 0 amide bonds. The minimum Gasteiger partial charge on any atom is -0.494 e. The molecule has 2 aromatic rings. The van der Waals surface area contributed by atoms with Gasteiger partial charge in [-0.1, -0.05) is 13.8 Å². The van der Waals surface area contributed by atoms with Crippen molar-refractivity contribution < 1.29 is 17.9 Å². The topological polar surface area (TPSA) is 22.1 Å². The fourth-order valence-corrected chi connectivity index (χ4v) is 1.88. The lowest BCUT2D eigenvalue weighted by molar-refractivity contribution is -0.137. The Bertz CT molecular complexity index is 605. The summed E-state index contributed by atoms with van der Waals surface area (Å²) in [4.78, 5) is 3.87. The summed E-state index contributed by atoms with van der Waals surface area (Å²) in [5.74, 6) is 0.697. The highest BCUT2D eigenvalue weighted by Crippen LogP contribution is 2.34. The molecule has 0 bridgehead atoms. The van der Waals surface area contributed by atoms with Crippen molar-refractivity contribution in [1.82, 2.24) is 4.98 Å². The van der Waals surface area contributed by atoms with E-state index in [-0.39, 0.29) is 5.92 Å². The third-order valence-corrected chi connectivity index (χ3v) is 2.98. The summed E-state index contributed by atoms with van der Waals surface area (Å²) in [5, 5.41) is 0.442. The molecule has 2 rings (SSSR count). The van der Waals surface area contributed by atoms with Gasteiger partial charge in [-0.2, -0.15) is 13.2 Å². The number of nitrogens with zero attached hydrogens (tertiary/aromatic N) is 1. The lowest BCUT2D eigenvalue weighted by atomic mass is 10.00. The predicted molar refractivity (Wildman–Crippen MR) is 67.4 cm³/mol. The molecule has 2 nitrogen and oxygen atoms in total. The van der Waals surface area contributed by atoms with E-state index in [0.29, 0.717) is 16.7 Å². The van der Waals surface area contributed by atoms with Crippen molar-refractivity contribution in [3.05, 3.63) is 35.5 Å². The van der Waals surface area contributed by atoms with E-state index in [9.17, 15) is 13.2 Å². The zero-order chi connectivity index (χ0) is 14.2. The maximum Gasteiger partial charge on any atom is 0.417 e. The Morgan fingerprint density at radius 1 is 1.16 bits per heavy atom. The van der Waals surface area contributed by atoms with Crippen molar-refractivity contribution in [3.63, 3.8) is 0 Å². The predicted octanol–water partition coefficient (Wildman–Crippen LogP) is 4.39. The van der Waals surface area contributed by atoms with Crippen LogP contribution in [-0.2, 0) is 6.18 Å². The number of aromatic nitrogens is 1. The molecule has 0 N–H and O–H groups in total. The highest BCUT2D eigenvalue weighted by molar-refractivity contribution is 5.86. The van der Waals surface area contributed by atoms with Crippen LogP contribution in [0.4, 0.5) is 13.2 Å². The van der Waals surface area contributed by atoms with Gasteiger partial charge >= 0.3 is 6.18 Å².